The Labute approximate surface area is 232 Å². The molecule has 2 aromatic carbocycles. The molecule has 1 aliphatic carbocycles. The monoisotopic (exact) mass is 598 g/mol. The summed E-state index contributed by atoms with van der Waals surface area (Å²) in [5.41, 5.74) is -1.68. The highest BCUT2D eigenvalue weighted by molar-refractivity contribution is 7.89. The zero-order valence-corrected chi connectivity index (χ0v) is 22.2. The number of hydrogen-bond acceptors (Lipinski definition) is 7. The van der Waals surface area contributed by atoms with E-state index in [1.807, 2.05) is 0 Å². The average molecular weight is 599 g/mol. The summed E-state index contributed by atoms with van der Waals surface area (Å²) in [7, 11) is -4.64. The number of nitrogens with zero attached hydrogens (tertiary/aromatic N) is 1. The predicted molar refractivity (Wildman–Crippen MR) is 138 cm³/mol. The van der Waals surface area contributed by atoms with Crippen LogP contribution in [0.5, 0.6) is 5.75 Å². The first-order valence-electron chi connectivity index (χ1n) is 12.4. The van der Waals surface area contributed by atoms with Crippen molar-refractivity contribution in [3.8, 4) is 5.75 Å². The van der Waals surface area contributed by atoms with Gasteiger partial charge >= 0.3 is 6.36 Å². The summed E-state index contributed by atoms with van der Waals surface area (Å²) in [5.74, 6) is -4.48. The van der Waals surface area contributed by atoms with Gasteiger partial charge in [0.1, 0.15) is 16.5 Å². The van der Waals surface area contributed by atoms with Crippen LogP contribution in [0.4, 0.5) is 17.6 Å². The summed E-state index contributed by atoms with van der Waals surface area (Å²) in [6, 6.07) is 9.44. The van der Waals surface area contributed by atoms with Crippen molar-refractivity contribution in [2.75, 3.05) is 6.54 Å². The van der Waals surface area contributed by atoms with Crippen molar-refractivity contribution in [1.82, 2.24) is 15.4 Å². The van der Waals surface area contributed by atoms with Crippen LogP contribution in [0.15, 0.2) is 69.9 Å². The molecule has 2 aliphatic heterocycles. The van der Waals surface area contributed by atoms with Gasteiger partial charge in [-0.15, -0.1) is 13.2 Å². The standard InChI is InChI=1S/C26H26F4N4O6S/c27-18-7-5-16(6-8-18)13-31-23(36)21-22(35)24(37)32-14-17-9-11-25(12-10-17,15-33-21)34-41(38,39)20-4-2-1-3-19(20)40-26(28,29)30/h1-8,15,17,34-35H,9-14H2,(H,31,36)(H,32,37). The van der Waals surface area contributed by atoms with Crippen molar-refractivity contribution in [1.29, 1.82) is 0 Å². The Bertz CT molecular complexity index is 1470. The van der Waals surface area contributed by atoms with Crippen molar-refractivity contribution < 1.29 is 45.4 Å². The van der Waals surface area contributed by atoms with Crippen LogP contribution in [-0.4, -0.2) is 50.0 Å². The second kappa shape index (κ2) is 11.9. The molecule has 2 aromatic rings. The molecule has 1 saturated carbocycles. The minimum atomic E-state index is -5.14. The Morgan fingerprint density at radius 3 is 2.44 bits per heavy atom. The first-order chi connectivity index (χ1) is 19.3. The van der Waals surface area contributed by atoms with Crippen LogP contribution in [0.25, 0.3) is 0 Å². The fraction of sp³-hybridized carbons (Fsp3) is 0.346. The van der Waals surface area contributed by atoms with Gasteiger partial charge in [-0.1, -0.05) is 24.3 Å². The Hall–Kier alpha value is -3.98. The maximum atomic E-state index is 13.4. The van der Waals surface area contributed by atoms with E-state index in [1.54, 1.807) is 0 Å². The van der Waals surface area contributed by atoms with E-state index in [2.05, 4.69) is 25.1 Å². The van der Waals surface area contributed by atoms with Crippen molar-refractivity contribution in [2.24, 2.45) is 10.9 Å². The molecule has 2 heterocycles. The van der Waals surface area contributed by atoms with E-state index in [-0.39, 0.29) is 31.8 Å². The number of amides is 2. The van der Waals surface area contributed by atoms with Crippen LogP contribution in [0.2, 0.25) is 0 Å². The fourth-order valence-corrected chi connectivity index (χ4v) is 6.10. The predicted octanol–water partition coefficient (Wildman–Crippen LogP) is 3.22. The van der Waals surface area contributed by atoms with Crippen LogP contribution < -0.4 is 20.1 Å². The highest BCUT2D eigenvalue weighted by atomic mass is 32.2. The number of halogens is 4. The molecule has 0 radical (unpaired) electrons. The molecule has 0 spiro atoms. The summed E-state index contributed by atoms with van der Waals surface area (Å²) in [5, 5.41) is 15.6. The molecule has 15 heteroatoms. The molecule has 5 rings (SSSR count). The Kier molecular flexibility index (Phi) is 8.68. The molecule has 220 valence electrons. The lowest BCUT2D eigenvalue weighted by Crippen LogP contribution is -2.52. The molecule has 0 aromatic heterocycles. The largest absolute Gasteiger partial charge is 0.573 e. The molecule has 0 unspecified atom stereocenters. The molecule has 1 fully saturated rings. The number of sulfonamides is 1. The number of carbonyl (C=O) groups is 2. The van der Waals surface area contributed by atoms with Crippen LogP contribution in [-0.2, 0) is 26.2 Å². The van der Waals surface area contributed by atoms with Crippen LogP contribution >= 0.6 is 0 Å². The van der Waals surface area contributed by atoms with Crippen molar-refractivity contribution in [3.05, 3.63) is 71.4 Å². The SMILES string of the molecule is O=C1NCC2CCC(NS(=O)(=O)c3ccccc3OC(F)(F)F)(C=NC(C(=O)NCc3ccc(F)cc3)=C1O)CC2. The smallest absolute Gasteiger partial charge is 0.501 e. The van der Waals surface area contributed by atoms with E-state index >= 15 is 0 Å². The van der Waals surface area contributed by atoms with Gasteiger partial charge in [0.2, 0.25) is 15.8 Å². The number of aliphatic hydroxyl groups excluding tert-OH is 1. The van der Waals surface area contributed by atoms with Gasteiger partial charge < -0.3 is 20.5 Å². The fourth-order valence-electron chi connectivity index (χ4n) is 4.57. The second-order valence-corrected chi connectivity index (χ2v) is 11.3. The molecule has 4 N–H and O–H groups in total. The van der Waals surface area contributed by atoms with Gasteiger partial charge in [-0.3, -0.25) is 9.59 Å². The van der Waals surface area contributed by atoms with Crippen molar-refractivity contribution in [2.45, 2.75) is 49.0 Å². The second-order valence-electron chi connectivity index (χ2n) is 9.67. The Morgan fingerprint density at radius 1 is 1.12 bits per heavy atom. The van der Waals surface area contributed by atoms with Gasteiger partial charge in [-0.2, -0.15) is 4.72 Å². The lowest BCUT2D eigenvalue weighted by Gasteiger charge is -2.37. The lowest BCUT2D eigenvalue weighted by molar-refractivity contribution is -0.275. The first kappa shape index (κ1) is 30.0. The van der Waals surface area contributed by atoms with Crippen LogP contribution in [0.1, 0.15) is 31.2 Å². The summed E-state index contributed by atoms with van der Waals surface area (Å²) in [6.07, 6.45) is -3.02. The quantitative estimate of drug-likeness (QED) is 0.360. The highest BCUT2D eigenvalue weighted by Gasteiger charge is 2.41. The van der Waals surface area contributed by atoms with Gasteiger partial charge in [0.25, 0.3) is 11.8 Å². The van der Waals surface area contributed by atoms with Gasteiger partial charge in [0.15, 0.2) is 5.70 Å². The molecule has 10 nitrogen and oxygen atoms in total. The Morgan fingerprint density at radius 2 is 1.78 bits per heavy atom. The number of aliphatic imine (C=N–C) groups is 1. The molecule has 0 atom stereocenters. The summed E-state index contributed by atoms with van der Waals surface area (Å²) in [6.45, 7) is 0.0152. The zero-order chi connectivity index (χ0) is 29.8. The number of rotatable bonds is 7. The van der Waals surface area contributed by atoms with E-state index in [0.29, 0.717) is 18.4 Å². The molecule has 2 amide bonds. The van der Waals surface area contributed by atoms with Crippen LogP contribution in [0, 0.1) is 11.7 Å². The number of fused-ring (bicyclic) bond motifs is 6. The zero-order valence-electron chi connectivity index (χ0n) is 21.4. The maximum absolute atomic E-state index is 13.4. The summed E-state index contributed by atoms with van der Waals surface area (Å²) in [4.78, 5) is 28.8. The number of hydrogen-bond donors (Lipinski definition) is 4. The molecule has 41 heavy (non-hydrogen) atoms. The maximum Gasteiger partial charge on any atom is 0.573 e. The third-order valence-electron chi connectivity index (χ3n) is 6.71. The van der Waals surface area contributed by atoms with Gasteiger partial charge in [-0.25, -0.2) is 17.8 Å². The molecule has 0 saturated heterocycles. The summed E-state index contributed by atoms with van der Waals surface area (Å²) >= 11 is 0. The molecular formula is C26H26F4N4O6S. The first-order valence-corrected chi connectivity index (χ1v) is 13.9. The van der Waals surface area contributed by atoms with Crippen LogP contribution in [0.3, 0.4) is 0 Å². The third-order valence-corrected chi connectivity index (χ3v) is 8.30. The number of nitrogens with one attached hydrogen (secondary N) is 3. The third kappa shape index (κ3) is 7.61. The number of alkyl halides is 3. The summed E-state index contributed by atoms with van der Waals surface area (Å²) < 4.78 is 85.1. The normalized spacial score (nSPS) is 21.7. The topological polar surface area (TPSA) is 146 Å². The molecule has 3 aliphatic rings. The van der Waals surface area contributed by atoms with Gasteiger partial charge in [0, 0.05) is 19.3 Å². The number of carbonyl (C=O) groups excluding carboxylic acids is 2. The van der Waals surface area contributed by atoms with Gasteiger partial charge in [0.05, 0.1) is 5.54 Å². The number of benzene rings is 2. The molecule has 2 bridgehead atoms. The number of para-hydroxylation sites is 1. The van der Waals surface area contributed by atoms with Crippen molar-refractivity contribution >= 4 is 28.1 Å². The van der Waals surface area contributed by atoms with E-state index in [0.717, 1.165) is 18.3 Å². The van der Waals surface area contributed by atoms with E-state index < -0.39 is 61.7 Å². The Balaban J connectivity index is 1.66. The highest BCUT2D eigenvalue weighted by Crippen LogP contribution is 2.35. The van der Waals surface area contributed by atoms with E-state index in [1.165, 1.54) is 36.4 Å². The number of ether oxygens (including phenoxy) is 1. The van der Waals surface area contributed by atoms with Crippen molar-refractivity contribution in [3.63, 3.8) is 0 Å². The molecular weight excluding hydrogens is 572 g/mol. The van der Waals surface area contributed by atoms with Gasteiger partial charge in [-0.05, 0) is 61.4 Å². The lowest BCUT2D eigenvalue weighted by atomic mass is 9.77. The average Bonchev–Trinajstić information content (AvgIpc) is 2.94. The minimum Gasteiger partial charge on any atom is -0.501 e. The van der Waals surface area contributed by atoms with E-state index in [9.17, 15) is 40.7 Å². The number of aliphatic hydroxyl groups is 1. The minimum absolute atomic E-state index is 0.104. The van der Waals surface area contributed by atoms with E-state index in [4.69, 9.17) is 0 Å².